The van der Waals surface area contributed by atoms with Crippen molar-refractivity contribution in [1.29, 1.82) is 0 Å². The van der Waals surface area contributed by atoms with Crippen molar-refractivity contribution >= 4 is 21.6 Å². The van der Waals surface area contributed by atoms with Crippen LogP contribution in [0.5, 0.6) is 0 Å². The molecule has 0 spiro atoms. The van der Waals surface area contributed by atoms with Crippen LogP contribution in [0.3, 0.4) is 0 Å². The predicted molar refractivity (Wildman–Crippen MR) is 60.7 cm³/mol. The van der Waals surface area contributed by atoms with E-state index in [9.17, 15) is 23.3 Å². The van der Waals surface area contributed by atoms with Crippen LogP contribution in [-0.4, -0.2) is 19.7 Å². The Balaban J connectivity index is 2.64. The topological polar surface area (TPSA) is 73.8 Å². The monoisotopic (exact) mass is 336 g/mol. The quantitative estimate of drug-likeness (QED) is 0.624. The summed E-state index contributed by atoms with van der Waals surface area (Å²) in [6, 6.07) is 0.581. The molecule has 2 rings (SSSR count). The predicted octanol–water partition coefficient (Wildman–Crippen LogP) is 2.96. The number of hydrogen-bond donors (Lipinski definition) is 0. The average molecular weight is 337 g/mol. The minimum Gasteiger partial charge on any atom is -0.258 e. The Labute approximate surface area is 112 Å². The molecule has 19 heavy (non-hydrogen) atoms. The first-order valence-corrected chi connectivity index (χ1v) is 5.50. The van der Waals surface area contributed by atoms with Gasteiger partial charge in [-0.2, -0.15) is 18.3 Å². The van der Waals surface area contributed by atoms with E-state index >= 15 is 0 Å². The number of rotatable bonds is 2. The molecule has 0 aliphatic rings. The van der Waals surface area contributed by atoms with Gasteiger partial charge in [0.25, 0.3) is 0 Å². The van der Waals surface area contributed by atoms with Gasteiger partial charge in [0.05, 0.1) is 15.6 Å². The number of hydrogen-bond acceptors (Lipinski definition) is 4. The Morgan fingerprint density at radius 3 is 2.53 bits per heavy atom. The van der Waals surface area contributed by atoms with Crippen molar-refractivity contribution in [2.24, 2.45) is 0 Å². The highest BCUT2D eigenvalue weighted by molar-refractivity contribution is 9.10. The molecule has 0 saturated carbocycles. The van der Waals surface area contributed by atoms with E-state index < -0.39 is 22.5 Å². The van der Waals surface area contributed by atoms with Crippen LogP contribution in [0.15, 0.2) is 29.1 Å². The average Bonchev–Trinajstić information content (AvgIpc) is 2.73. The van der Waals surface area contributed by atoms with Gasteiger partial charge in [-0.3, -0.25) is 10.1 Å². The lowest BCUT2D eigenvalue weighted by molar-refractivity contribution is -0.385. The SMILES string of the molecule is O=[N+]([O-])c1cnc(C(F)(F)F)cc1-n1cc(Br)cn1. The van der Waals surface area contributed by atoms with Gasteiger partial charge in [0, 0.05) is 12.3 Å². The second kappa shape index (κ2) is 4.61. The van der Waals surface area contributed by atoms with Gasteiger partial charge in [0.2, 0.25) is 0 Å². The maximum absolute atomic E-state index is 12.6. The maximum Gasteiger partial charge on any atom is 0.433 e. The van der Waals surface area contributed by atoms with Gasteiger partial charge in [0.15, 0.2) is 0 Å². The lowest BCUT2D eigenvalue weighted by atomic mass is 10.3. The number of pyridine rings is 1. The summed E-state index contributed by atoms with van der Waals surface area (Å²) in [6.07, 6.45) is -1.51. The molecule has 100 valence electrons. The van der Waals surface area contributed by atoms with Crippen LogP contribution < -0.4 is 0 Å². The smallest absolute Gasteiger partial charge is 0.258 e. The maximum atomic E-state index is 12.6. The zero-order valence-electron chi connectivity index (χ0n) is 8.93. The van der Waals surface area contributed by atoms with E-state index in [-0.39, 0.29) is 5.69 Å². The van der Waals surface area contributed by atoms with Gasteiger partial charge in [0.1, 0.15) is 17.6 Å². The first-order chi connectivity index (χ1) is 8.79. The second-order valence-corrected chi connectivity index (χ2v) is 4.33. The van der Waals surface area contributed by atoms with Crippen LogP contribution in [0.4, 0.5) is 18.9 Å². The molecule has 0 aliphatic carbocycles. The molecule has 0 amide bonds. The Morgan fingerprint density at radius 2 is 2.05 bits per heavy atom. The zero-order chi connectivity index (χ0) is 14.2. The van der Waals surface area contributed by atoms with Crippen molar-refractivity contribution in [3.63, 3.8) is 0 Å². The molecule has 0 radical (unpaired) electrons. The number of nitro groups is 1. The summed E-state index contributed by atoms with van der Waals surface area (Å²) in [5.74, 6) is 0. The van der Waals surface area contributed by atoms with Crippen molar-refractivity contribution in [3.05, 3.63) is 44.9 Å². The van der Waals surface area contributed by atoms with Crippen LogP contribution >= 0.6 is 15.9 Å². The molecule has 0 N–H and O–H groups in total. The highest BCUT2D eigenvalue weighted by atomic mass is 79.9. The van der Waals surface area contributed by atoms with E-state index in [0.29, 0.717) is 16.7 Å². The van der Waals surface area contributed by atoms with E-state index in [4.69, 9.17) is 0 Å². The number of nitrogens with zero attached hydrogens (tertiary/aromatic N) is 4. The van der Waals surface area contributed by atoms with E-state index in [1.807, 2.05) is 0 Å². The molecule has 0 aliphatic heterocycles. The molecule has 0 fully saturated rings. The number of alkyl halides is 3. The number of aromatic nitrogens is 3. The summed E-state index contributed by atoms with van der Waals surface area (Å²) in [5.41, 5.74) is -2.10. The molecule has 0 unspecified atom stereocenters. The van der Waals surface area contributed by atoms with Crippen molar-refractivity contribution < 1.29 is 18.1 Å². The van der Waals surface area contributed by atoms with Crippen LogP contribution in [0.25, 0.3) is 5.69 Å². The van der Waals surface area contributed by atoms with Gasteiger partial charge >= 0.3 is 11.9 Å². The summed E-state index contributed by atoms with van der Waals surface area (Å²) in [6.45, 7) is 0. The normalized spacial score (nSPS) is 11.6. The van der Waals surface area contributed by atoms with Crippen LogP contribution in [-0.2, 0) is 6.18 Å². The summed E-state index contributed by atoms with van der Waals surface area (Å²) >= 11 is 3.06. The molecule has 10 heteroatoms. The first kappa shape index (κ1) is 13.5. The Morgan fingerprint density at radius 1 is 1.37 bits per heavy atom. The third-order valence-corrected chi connectivity index (χ3v) is 2.56. The van der Waals surface area contributed by atoms with E-state index in [2.05, 4.69) is 26.0 Å². The van der Waals surface area contributed by atoms with Crippen LogP contribution in [0, 0.1) is 10.1 Å². The third-order valence-electron chi connectivity index (χ3n) is 2.15. The summed E-state index contributed by atoms with van der Waals surface area (Å²) in [7, 11) is 0. The highest BCUT2D eigenvalue weighted by Gasteiger charge is 2.34. The van der Waals surface area contributed by atoms with Gasteiger partial charge in [-0.15, -0.1) is 0 Å². The molecule has 0 saturated heterocycles. The fourth-order valence-electron chi connectivity index (χ4n) is 1.35. The Bertz CT molecular complexity index is 641. The van der Waals surface area contributed by atoms with E-state index in [1.165, 1.54) is 12.4 Å². The first-order valence-electron chi connectivity index (χ1n) is 4.71. The molecule has 2 aromatic rings. The molecule has 0 aromatic carbocycles. The fourth-order valence-corrected chi connectivity index (χ4v) is 1.63. The molecule has 6 nitrogen and oxygen atoms in total. The molecular formula is C9H4BrF3N4O2. The standard InChI is InChI=1S/C9H4BrF3N4O2/c10-5-2-15-16(4-5)6-1-8(9(11,12)13)14-3-7(6)17(18)19/h1-4H. The lowest BCUT2D eigenvalue weighted by Gasteiger charge is -2.08. The van der Waals surface area contributed by atoms with Crippen molar-refractivity contribution in [2.75, 3.05) is 0 Å². The van der Waals surface area contributed by atoms with Crippen molar-refractivity contribution in [2.45, 2.75) is 6.18 Å². The number of halogens is 4. The van der Waals surface area contributed by atoms with Gasteiger partial charge in [-0.1, -0.05) is 0 Å². The fraction of sp³-hybridized carbons (Fsp3) is 0.111. The minimum absolute atomic E-state index is 0.307. The Hall–Kier alpha value is -1.97. The second-order valence-electron chi connectivity index (χ2n) is 3.42. The van der Waals surface area contributed by atoms with Crippen molar-refractivity contribution in [3.8, 4) is 5.69 Å². The summed E-state index contributed by atoms with van der Waals surface area (Å²) < 4.78 is 39.1. The molecular weight excluding hydrogens is 333 g/mol. The van der Waals surface area contributed by atoms with Crippen LogP contribution in [0.1, 0.15) is 5.69 Å². The molecule has 0 atom stereocenters. The molecule has 0 bridgehead atoms. The lowest BCUT2D eigenvalue weighted by Crippen LogP contribution is -2.11. The van der Waals surface area contributed by atoms with Gasteiger partial charge < -0.3 is 0 Å². The van der Waals surface area contributed by atoms with Crippen molar-refractivity contribution in [1.82, 2.24) is 14.8 Å². The molecule has 2 aromatic heterocycles. The van der Waals surface area contributed by atoms with Gasteiger partial charge in [-0.25, -0.2) is 9.67 Å². The summed E-state index contributed by atoms with van der Waals surface area (Å²) in [5, 5.41) is 14.5. The molecule has 2 heterocycles. The van der Waals surface area contributed by atoms with E-state index in [1.54, 1.807) is 0 Å². The summed E-state index contributed by atoms with van der Waals surface area (Å²) in [4.78, 5) is 13.0. The zero-order valence-corrected chi connectivity index (χ0v) is 10.5. The third kappa shape index (κ3) is 2.72. The Kier molecular flexibility index (Phi) is 3.27. The minimum atomic E-state index is -4.69. The largest absolute Gasteiger partial charge is 0.433 e. The van der Waals surface area contributed by atoms with Crippen LogP contribution in [0.2, 0.25) is 0 Å². The van der Waals surface area contributed by atoms with E-state index in [0.717, 1.165) is 4.68 Å². The van der Waals surface area contributed by atoms with Gasteiger partial charge in [-0.05, 0) is 15.9 Å². The highest BCUT2D eigenvalue weighted by Crippen LogP contribution is 2.32.